The summed E-state index contributed by atoms with van der Waals surface area (Å²) in [5.41, 5.74) is 3.00. The van der Waals surface area contributed by atoms with Crippen LogP contribution in [0.25, 0.3) is 0 Å². The number of aliphatic imine (C=N–C) groups is 1. The number of alkyl halides is 2. The monoisotopic (exact) mass is 431 g/mol. The lowest BCUT2D eigenvalue weighted by Gasteiger charge is -2.33. The normalized spacial score (nSPS) is 23.8. The van der Waals surface area contributed by atoms with Gasteiger partial charge in [-0.2, -0.15) is 0 Å². The molecule has 0 spiro atoms. The summed E-state index contributed by atoms with van der Waals surface area (Å²) < 4.78 is 53.2. The lowest BCUT2D eigenvalue weighted by molar-refractivity contribution is 0.0177. The number of anilines is 1. The number of aromatic nitrogens is 2. The smallest absolute Gasteiger partial charge is 0.283 e. The van der Waals surface area contributed by atoms with Gasteiger partial charge < -0.3 is 20.5 Å². The first-order valence-electron chi connectivity index (χ1n) is 9.15. The summed E-state index contributed by atoms with van der Waals surface area (Å²) in [5, 5.41) is 2.49. The molecule has 1 amide bonds. The molecule has 1 aromatic heterocycles. The highest BCUT2D eigenvalue weighted by Gasteiger charge is 2.64. The van der Waals surface area contributed by atoms with E-state index in [0.29, 0.717) is 0 Å². The molecule has 2 aliphatic rings. The van der Waals surface area contributed by atoms with Crippen LogP contribution in [0.1, 0.15) is 22.5 Å². The van der Waals surface area contributed by atoms with Crippen LogP contribution in [-0.2, 0) is 10.3 Å². The molecule has 2 heterocycles. The van der Waals surface area contributed by atoms with E-state index in [2.05, 4.69) is 26.2 Å². The van der Waals surface area contributed by atoms with Crippen LogP contribution in [0.5, 0.6) is 5.88 Å². The van der Waals surface area contributed by atoms with Gasteiger partial charge in [0.15, 0.2) is 12.1 Å². The molecule has 160 valence electrons. The molecule has 1 aliphatic heterocycles. The minimum atomic E-state index is -3.04. The maximum atomic E-state index is 14.6. The second-order valence-corrected chi connectivity index (χ2v) is 6.96. The van der Waals surface area contributed by atoms with E-state index in [1.807, 2.05) is 0 Å². The summed E-state index contributed by atoms with van der Waals surface area (Å²) in [4.78, 5) is 24.1. The zero-order valence-corrected chi connectivity index (χ0v) is 15.9. The van der Waals surface area contributed by atoms with Gasteiger partial charge >= 0.3 is 0 Å². The number of rotatable bonds is 6. The fourth-order valence-corrected chi connectivity index (χ4v) is 3.53. The molecule has 0 bridgehead atoms. The predicted molar refractivity (Wildman–Crippen MR) is 103 cm³/mol. The van der Waals surface area contributed by atoms with Crippen LogP contribution in [0, 0.1) is 24.1 Å². The Morgan fingerprint density at radius 1 is 1.42 bits per heavy atom. The van der Waals surface area contributed by atoms with Crippen LogP contribution in [0.3, 0.4) is 0 Å². The largest absolute Gasteiger partial charge is 0.463 e. The number of hydrogen-bond acceptors (Lipinski definition) is 7. The van der Waals surface area contributed by atoms with E-state index in [-0.39, 0.29) is 35.9 Å². The quantitative estimate of drug-likeness (QED) is 0.678. The molecule has 1 saturated carbocycles. The summed E-state index contributed by atoms with van der Waals surface area (Å²) in [6.45, 7) is -0.00957. The second kappa shape index (κ2) is 7.79. The molecule has 11 heteroatoms. The zero-order chi connectivity index (χ0) is 22.2. The van der Waals surface area contributed by atoms with E-state index < -0.39 is 41.7 Å². The van der Waals surface area contributed by atoms with E-state index in [9.17, 15) is 18.0 Å². The molecule has 3 atom stereocenters. The van der Waals surface area contributed by atoms with Crippen LogP contribution >= 0.6 is 0 Å². The number of carbonyl (C=O) groups excluding carboxylic acids is 1. The number of nitrogens with one attached hydrogen (secondary N) is 1. The number of ether oxygens (including phenoxy) is 2. The highest BCUT2D eigenvalue weighted by atomic mass is 19.3. The van der Waals surface area contributed by atoms with Crippen molar-refractivity contribution in [2.24, 2.45) is 16.6 Å². The van der Waals surface area contributed by atoms with Gasteiger partial charge in [-0.25, -0.2) is 28.1 Å². The van der Waals surface area contributed by atoms with Crippen molar-refractivity contribution < 1.29 is 27.4 Å². The van der Waals surface area contributed by atoms with Crippen molar-refractivity contribution in [2.75, 3.05) is 11.9 Å². The Labute approximate surface area is 174 Å². The highest BCUT2D eigenvalue weighted by Crippen LogP contribution is 2.56. The third-order valence-electron chi connectivity index (χ3n) is 5.02. The third kappa shape index (κ3) is 3.72. The first-order valence-corrected chi connectivity index (χ1v) is 9.15. The third-order valence-corrected chi connectivity index (χ3v) is 5.02. The number of terminal acetylenes is 1. The highest BCUT2D eigenvalue weighted by molar-refractivity contribution is 6.02. The van der Waals surface area contributed by atoms with Crippen molar-refractivity contribution in [1.82, 2.24) is 9.97 Å². The van der Waals surface area contributed by atoms with Gasteiger partial charge in [0.2, 0.25) is 5.88 Å². The maximum absolute atomic E-state index is 14.6. The molecule has 0 saturated heterocycles. The number of nitrogens with zero attached hydrogens (tertiary/aromatic N) is 3. The van der Waals surface area contributed by atoms with Gasteiger partial charge in [0.1, 0.15) is 17.6 Å². The fourth-order valence-electron chi connectivity index (χ4n) is 3.53. The minimum absolute atomic E-state index is 0.00957. The van der Waals surface area contributed by atoms with Crippen molar-refractivity contribution >= 4 is 17.6 Å². The fraction of sp³-hybridized carbons (Fsp3) is 0.300. The maximum Gasteiger partial charge on any atom is 0.283 e. The Morgan fingerprint density at radius 2 is 2.23 bits per heavy atom. The van der Waals surface area contributed by atoms with Crippen LogP contribution in [0.4, 0.5) is 18.9 Å². The van der Waals surface area contributed by atoms with Crippen molar-refractivity contribution in [3.05, 3.63) is 47.7 Å². The van der Waals surface area contributed by atoms with E-state index in [1.165, 1.54) is 12.3 Å². The molecule has 1 aliphatic carbocycles. The Bertz CT molecular complexity index is 1090. The molecule has 0 radical (unpaired) electrons. The van der Waals surface area contributed by atoms with Gasteiger partial charge in [-0.05, 0) is 24.6 Å². The number of carbonyl (C=O) groups is 1. The summed E-state index contributed by atoms with van der Waals surface area (Å²) >= 11 is 0. The Balaban J connectivity index is 1.60. The summed E-state index contributed by atoms with van der Waals surface area (Å²) in [5.74, 6) is 0.102. The minimum Gasteiger partial charge on any atom is -0.463 e. The number of halogens is 3. The molecule has 8 nitrogen and oxygen atoms in total. The number of nitrogens with two attached hydrogens (primary N) is 1. The van der Waals surface area contributed by atoms with E-state index in [4.69, 9.17) is 21.6 Å². The first kappa shape index (κ1) is 20.5. The zero-order valence-electron chi connectivity index (χ0n) is 15.9. The molecule has 1 unspecified atom stereocenters. The summed E-state index contributed by atoms with van der Waals surface area (Å²) in [6.07, 6.45) is 4.14. The molecule has 1 aromatic carbocycles. The van der Waals surface area contributed by atoms with E-state index in [0.717, 1.165) is 18.3 Å². The van der Waals surface area contributed by atoms with Gasteiger partial charge in [0.05, 0.1) is 12.4 Å². The summed E-state index contributed by atoms with van der Waals surface area (Å²) in [7, 11) is 0. The number of benzene rings is 1. The van der Waals surface area contributed by atoms with Crippen molar-refractivity contribution in [3.8, 4) is 18.2 Å². The standard InChI is InChI=1S/C20H16F3N5O3/c1-2-5-30-16-9-25-14(8-26-16)17(29)27-10-3-4-13(21)11(6-10)20(18(22)23)12-7-15(12)31-19(24)28-20/h1,3-4,6,8-9,12,15,18H,5,7H2,(H2,24,28)(H,27,29)/t12?,15-,20-/m1/s1. The number of fused-ring (bicyclic) bond motifs is 1. The van der Waals surface area contributed by atoms with Gasteiger partial charge in [-0.3, -0.25) is 4.79 Å². The average Bonchev–Trinajstić information content (AvgIpc) is 3.53. The Hall–Kier alpha value is -3.81. The van der Waals surface area contributed by atoms with Crippen LogP contribution in [-0.4, -0.2) is 41.0 Å². The molecule has 31 heavy (non-hydrogen) atoms. The molecule has 2 aromatic rings. The second-order valence-electron chi connectivity index (χ2n) is 6.96. The molecule has 3 N–H and O–H groups in total. The van der Waals surface area contributed by atoms with Crippen LogP contribution in [0.15, 0.2) is 35.6 Å². The van der Waals surface area contributed by atoms with Crippen molar-refractivity contribution in [1.29, 1.82) is 0 Å². The lowest BCUT2D eigenvalue weighted by Crippen LogP contribution is -2.43. The number of amidine groups is 1. The lowest BCUT2D eigenvalue weighted by atomic mass is 9.84. The molecule has 1 fully saturated rings. The Morgan fingerprint density at radius 3 is 2.90 bits per heavy atom. The molecule has 4 rings (SSSR count). The van der Waals surface area contributed by atoms with Gasteiger partial charge in [0, 0.05) is 17.2 Å². The van der Waals surface area contributed by atoms with Gasteiger partial charge in [-0.1, -0.05) is 5.92 Å². The van der Waals surface area contributed by atoms with Crippen LogP contribution < -0.4 is 15.8 Å². The molecular weight excluding hydrogens is 415 g/mol. The molecular formula is C20H16F3N5O3. The van der Waals surface area contributed by atoms with Gasteiger partial charge in [-0.15, -0.1) is 6.42 Å². The van der Waals surface area contributed by atoms with Crippen LogP contribution in [0.2, 0.25) is 0 Å². The first-order chi connectivity index (χ1) is 14.8. The SMILES string of the molecule is C#CCOc1cnc(C(=O)Nc2ccc(F)c([C@@]3(C(F)F)N=C(N)O[C@@H]4CC43)c2)cn1. The van der Waals surface area contributed by atoms with Crippen molar-refractivity contribution in [2.45, 2.75) is 24.5 Å². The van der Waals surface area contributed by atoms with Crippen molar-refractivity contribution in [3.63, 3.8) is 0 Å². The number of amides is 1. The van der Waals surface area contributed by atoms with E-state index >= 15 is 0 Å². The van der Waals surface area contributed by atoms with Gasteiger partial charge in [0.25, 0.3) is 18.4 Å². The topological polar surface area (TPSA) is 112 Å². The Kier molecular flexibility index (Phi) is 5.14. The summed E-state index contributed by atoms with van der Waals surface area (Å²) in [6, 6.07) is 2.92. The predicted octanol–water partition coefficient (Wildman–Crippen LogP) is 2.07. The van der Waals surface area contributed by atoms with E-state index in [1.54, 1.807) is 0 Å². The number of hydrogen-bond donors (Lipinski definition) is 2. The average molecular weight is 431 g/mol.